The lowest BCUT2D eigenvalue weighted by Gasteiger charge is -2.08. The maximum Gasteiger partial charge on any atom is 0.227 e. The fraction of sp³-hybridized carbons (Fsp3) is 0.545. The van der Waals surface area contributed by atoms with Crippen LogP contribution < -0.4 is 4.74 Å². The molecular weight excluding hydrogens is 242 g/mol. The maximum atomic E-state index is 5.54. The van der Waals surface area contributed by atoms with Gasteiger partial charge in [0.1, 0.15) is 0 Å². The van der Waals surface area contributed by atoms with Crippen molar-refractivity contribution in [3.05, 3.63) is 22.3 Å². The fourth-order valence-corrected chi connectivity index (χ4v) is 1.60. The van der Waals surface area contributed by atoms with Gasteiger partial charge < -0.3 is 4.74 Å². The second-order valence-corrected chi connectivity index (χ2v) is 4.68. The van der Waals surface area contributed by atoms with Crippen LogP contribution >= 0.6 is 15.9 Å². The number of hydrogen-bond donors (Lipinski definition) is 0. The summed E-state index contributed by atoms with van der Waals surface area (Å²) in [5.74, 6) is 1.36. The van der Waals surface area contributed by atoms with Gasteiger partial charge in [-0.1, -0.05) is 13.8 Å². The van der Waals surface area contributed by atoms with E-state index in [1.54, 1.807) is 0 Å². The van der Waals surface area contributed by atoms with Gasteiger partial charge in [-0.15, -0.1) is 0 Å². The molecule has 0 N–H and O–H groups in total. The third-order valence-corrected chi connectivity index (χ3v) is 2.45. The summed E-state index contributed by atoms with van der Waals surface area (Å²) < 4.78 is 6.48. The Morgan fingerprint density at radius 1 is 1.50 bits per heavy atom. The van der Waals surface area contributed by atoms with E-state index < -0.39 is 0 Å². The number of rotatable bonds is 4. The molecule has 0 aliphatic rings. The molecule has 0 amide bonds. The van der Waals surface area contributed by atoms with Gasteiger partial charge in [-0.25, -0.2) is 4.98 Å². The van der Waals surface area contributed by atoms with Gasteiger partial charge in [0.25, 0.3) is 0 Å². The Balaban J connectivity index is 2.51. The quantitative estimate of drug-likeness (QED) is 0.823. The summed E-state index contributed by atoms with van der Waals surface area (Å²) in [5.41, 5.74) is 1.13. The van der Waals surface area contributed by atoms with Crippen LogP contribution in [0, 0.1) is 12.8 Å². The molecule has 2 nitrogen and oxygen atoms in total. The third-order valence-electron chi connectivity index (χ3n) is 1.88. The lowest BCUT2D eigenvalue weighted by molar-refractivity contribution is 0.277. The van der Waals surface area contributed by atoms with Crippen molar-refractivity contribution >= 4 is 15.9 Å². The van der Waals surface area contributed by atoms with Gasteiger partial charge in [0.15, 0.2) is 0 Å². The molecule has 0 aliphatic heterocycles. The summed E-state index contributed by atoms with van der Waals surface area (Å²) in [5, 5.41) is 0. The van der Waals surface area contributed by atoms with Crippen molar-refractivity contribution in [3.63, 3.8) is 0 Å². The number of ether oxygens (including phenoxy) is 1. The molecule has 0 aliphatic carbocycles. The van der Waals surface area contributed by atoms with Crippen molar-refractivity contribution in [2.75, 3.05) is 6.61 Å². The monoisotopic (exact) mass is 257 g/mol. The van der Waals surface area contributed by atoms with Gasteiger partial charge in [-0.2, -0.15) is 0 Å². The highest BCUT2D eigenvalue weighted by molar-refractivity contribution is 9.10. The highest BCUT2D eigenvalue weighted by Gasteiger charge is 2.03. The summed E-state index contributed by atoms with van der Waals surface area (Å²) in [6, 6.07) is 2.01. The van der Waals surface area contributed by atoms with Crippen molar-refractivity contribution < 1.29 is 4.74 Å². The first-order valence-electron chi connectivity index (χ1n) is 4.84. The molecule has 1 aromatic rings. The first-order valence-corrected chi connectivity index (χ1v) is 5.64. The van der Waals surface area contributed by atoms with Crippen LogP contribution in [0.5, 0.6) is 5.88 Å². The third kappa shape index (κ3) is 3.66. The number of hydrogen-bond acceptors (Lipinski definition) is 2. The smallest absolute Gasteiger partial charge is 0.227 e. The summed E-state index contributed by atoms with van der Waals surface area (Å²) >= 11 is 3.43. The molecule has 0 unspecified atom stereocenters. The Morgan fingerprint density at radius 3 is 2.79 bits per heavy atom. The van der Waals surface area contributed by atoms with Gasteiger partial charge >= 0.3 is 0 Å². The number of aryl methyl sites for hydroxylation is 1. The van der Waals surface area contributed by atoms with E-state index in [4.69, 9.17) is 4.74 Å². The summed E-state index contributed by atoms with van der Waals surface area (Å²) in [4.78, 5) is 4.21. The molecule has 0 radical (unpaired) electrons. The topological polar surface area (TPSA) is 22.1 Å². The zero-order chi connectivity index (χ0) is 10.6. The normalized spacial score (nSPS) is 10.6. The zero-order valence-corrected chi connectivity index (χ0v) is 10.5. The van der Waals surface area contributed by atoms with Crippen molar-refractivity contribution in [2.45, 2.75) is 27.2 Å². The van der Waals surface area contributed by atoms with E-state index in [9.17, 15) is 0 Å². The zero-order valence-electron chi connectivity index (χ0n) is 8.88. The molecule has 0 saturated heterocycles. The number of nitrogens with zero attached hydrogens (tertiary/aromatic N) is 1. The lowest BCUT2D eigenvalue weighted by Crippen LogP contribution is -2.03. The molecule has 0 fully saturated rings. The van der Waals surface area contributed by atoms with Gasteiger partial charge in [0.05, 0.1) is 11.1 Å². The molecule has 1 aromatic heterocycles. The molecule has 0 atom stereocenters. The summed E-state index contributed by atoms with van der Waals surface area (Å²) in [6.45, 7) is 7.10. The van der Waals surface area contributed by atoms with Gasteiger partial charge in [0.2, 0.25) is 5.88 Å². The first kappa shape index (κ1) is 11.5. The average Bonchev–Trinajstić information content (AvgIpc) is 2.08. The number of aromatic nitrogens is 1. The van der Waals surface area contributed by atoms with Crippen molar-refractivity contribution in [1.82, 2.24) is 4.98 Å². The van der Waals surface area contributed by atoms with Gasteiger partial charge in [0, 0.05) is 6.20 Å². The summed E-state index contributed by atoms with van der Waals surface area (Å²) in [6.07, 6.45) is 2.87. The van der Waals surface area contributed by atoms with E-state index >= 15 is 0 Å². The molecule has 0 spiro atoms. The van der Waals surface area contributed by atoms with Crippen LogP contribution in [0.15, 0.2) is 16.7 Å². The minimum atomic E-state index is 0.666. The Labute approximate surface area is 93.8 Å². The highest BCUT2D eigenvalue weighted by Crippen LogP contribution is 2.22. The van der Waals surface area contributed by atoms with Crippen molar-refractivity contribution in [3.8, 4) is 5.88 Å². The lowest BCUT2D eigenvalue weighted by atomic mass is 10.1. The van der Waals surface area contributed by atoms with Crippen LogP contribution in [0.4, 0.5) is 0 Å². The minimum absolute atomic E-state index is 0.666. The molecule has 0 aromatic carbocycles. The Kier molecular flexibility index (Phi) is 4.39. The fourth-order valence-electron chi connectivity index (χ4n) is 1.02. The number of pyridine rings is 1. The van der Waals surface area contributed by atoms with E-state index in [1.807, 2.05) is 19.2 Å². The second kappa shape index (κ2) is 5.35. The largest absolute Gasteiger partial charge is 0.477 e. The van der Waals surface area contributed by atoms with Crippen LogP contribution in [0.1, 0.15) is 25.8 Å². The van der Waals surface area contributed by atoms with E-state index in [-0.39, 0.29) is 0 Å². The minimum Gasteiger partial charge on any atom is -0.477 e. The number of halogens is 1. The van der Waals surface area contributed by atoms with Crippen LogP contribution in [0.3, 0.4) is 0 Å². The van der Waals surface area contributed by atoms with E-state index in [2.05, 4.69) is 34.8 Å². The molecule has 14 heavy (non-hydrogen) atoms. The van der Waals surface area contributed by atoms with E-state index in [1.165, 1.54) is 0 Å². The predicted molar refractivity (Wildman–Crippen MR) is 61.6 cm³/mol. The second-order valence-electron chi connectivity index (χ2n) is 3.83. The Bertz CT molecular complexity index is 299. The van der Waals surface area contributed by atoms with Gasteiger partial charge in [-0.05, 0) is 46.8 Å². The van der Waals surface area contributed by atoms with Crippen LogP contribution in [-0.4, -0.2) is 11.6 Å². The van der Waals surface area contributed by atoms with E-state index in [0.717, 1.165) is 23.1 Å². The molecule has 3 heteroatoms. The Morgan fingerprint density at radius 2 is 2.21 bits per heavy atom. The Hall–Kier alpha value is -0.570. The molecular formula is C11H16BrNO. The van der Waals surface area contributed by atoms with E-state index in [0.29, 0.717) is 11.8 Å². The standard InChI is InChI=1S/C11H16BrNO/c1-8(2)4-5-14-11-10(12)6-9(3)7-13-11/h6-8H,4-5H2,1-3H3. The predicted octanol–water partition coefficient (Wildman–Crippen LogP) is 3.58. The highest BCUT2D eigenvalue weighted by atomic mass is 79.9. The van der Waals surface area contributed by atoms with Crippen molar-refractivity contribution in [1.29, 1.82) is 0 Å². The average molecular weight is 258 g/mol. The van der Waals surface area contributed by atoms with Crippen LogP contribution in [0.25, 0.3) is 0 Å². The molecule has 0 saturated carbocycles. The molecule has 1 rings (SSSR count). The summed E-state index contributed by atoms with van der Waals surface area (Å²) in [7, 11) is 0. The molecule has 1 heterocycles. The molecule has 78 valence electrons. The van der Waals surface area contributed by atoms with Crippen molar-refractivity contribution in [2.24, 2.45) is 5.92 Å². The van der Waals surface area contributed by atoms with Gasteiger partial charge in [-0.3, -0.25) is 0 Å². The molecule has 0 bridgehead atoms. The SMILES string of the molecule is Cc1cnc(OCCC(C)C)c(Br)c1. The van der Waals surface area contributed by atoms with Crippen LogP contribution in [-0.2, 0) is 0 Å². The van der Waals surface area contributed by atoms with Crippen LogP contribution in [0.2, 0.25) is 0 Å². The maximum absolute atomic E-state index is 5.54. The first-order chi connectivity index (χ1) is 6.59.